The van der Waals surface area contributed by atoms with Gasteiger partial charge in [0.05, 0.1) is 17.7 Å². The zero-order chi connectivity index (χ0) is 20.9. The molecular weight excluding hydrogens is 462 g/mol. The first kappa shape index (κ1) is 22.2. The fourth-order valence-corrected chi connectivity index (χ4v) is 3.54. The van der Waals surface area contributed by atoms with Crippen LogP contribution in [-0.2, 0) is 9.16 Å². The summed E-state index contributed by atoms with van der Waals surface area (Å²) in [7, 11) is -0.465. The Kier molecular flexibility index (Phi) is 7.46. The molecule has 0 saturated carbocycles. The number of carbonyl (C=O) groups is 1. The van der Waals surface area contributed by atoms with Gasteiger partial charge in [0.25, 0.3) is 0 Å². The van der Waals surface area contributed by atoms with Crippen molar-refractivity contribution in [3.8, 4) is 11.5 Å². The van der Waals surface area contributed by atoms with Gasteiger partial charge in [-0.3, -0.25) is 0 Å². The Labute approximate surface area is 179 Å². The smallest absolute Gasteiger partial charge is 0.337 e. The van der Waals surface area contributed by atoms with Crippen molar-refractivity contribution < 1.29 is 18.7 Å². The number of rotatable bonds is 7. The zero-order valence-corrected chi connectivity index (χ0v) is 19.4. The molecule has 0 atom stereocenters. The molecule has 2 aromatic carbocycles. The molecule has 0 spiro atoms. The highest BCUT2D eigenvalue weighted by Crippen LogP contribution is 2.33. The van der Waals surface area contributed by atoms with Gasteiger partial charge in [0, 0.05) is 16.3 Å². The molecule has 0 heterocycles. The summed E-state index contributed by atoms with van der Waals surface area (Å²) in [5.41, 5.74) is 1.06. The predicted octanol–water partition coefficient (Wildman–Crippen LogP) is 6.42. The molecule has 0 fully saturated rings. The maximum absolute atomic E-state index is 11.6. The molecule has 0 saturated heterocycles. The van der Waals surface area contributed by atoms with Gasteiger partial charge in [-0.1, -0.05) is 27.5 Å². The molecule has 0 aromatic heterocycles. The van der Waals surface area contributed by atoms with Crippen LogP contribution in [0.25, 0.3) is 0 Å². The molecule has 0 aliphatic heterocycles. The van der Waals surface area contributed by atoms with Gasteiger partial charge in [0.15, 0.2) is 5.88 Å². The van der Waals surface area contributed by atoms with Crippen LogP contribution in [0.2, 0.25) is 24.7 Å². The first-order valence-electron chi connectivity index (χ1n) is 8.36. The zero-order valence-electron chi connectivity index (χ0n) is 16.1. The van der Waals surface area contributed by atoms with E-state index in [4.69, 9.17) is 25.5 Å². The molecule has 28 heavy (non-hydrogen) atoms. The summed E-state index contributed by atoms with van der Waals surface area (Å²) in [6, 6.07) is 10.2. The highest BCUT2D eigenvalue weighted by atomic mass is 79.9. The third-order valence-corrected chi connectivity index (χ3v) is 4.95. The van der Waals surface area contributed by atoms with E-state index in [0.29, 0.717) is 33.5 Å². The fourth-order valence-electron chi connectivity index (χ4n) is 2.18. The maximum Gasteiger partial charge on any atom is 0.337 e. The van der Waals surface area contributed by atoms with Crippen molar-refractivity contribution in [1.82, 2.24) is 0 Å². The lowest BCUT2D eigenvalue weighted by Crippen LogP contribution is -2.24. The van der Waals surface area contributed by atoms with Crippen LogP contribution in [0.15, 0.2) is 58.3 Å². The molecular formula is C20H21BrClNO4Si. The summed E-state index contributed by atoms with van der Waals surface area (Å²) in [5, 5.41) is 0.292. The number of esters is 1. The van der Waals surface area contributed by atoms with Crippen molar-refractivity contribution in [3.05, 3.63) is 69.5 Å². The third-order valence-electron chi connectivity index (χ3n) is 3.32. The predicted molar refractivity (Wildman–Crippen MR) is 118 cm³/mol. The summed E-state index contributed by atoms with van der Waals surface area (Å²) in [5.74, 6) is 0.834. The van der Waals surface area contributed by atoms with Crippen molar-refractivity contribution in [2.24, 2.45) is 4.99 Å². The van der Waals surface area contributed by atoms with Gasteiger partial charge in [0.1, 0.15) is 11.5 Å². The second-order valence-electron chi connectivity index (χ2n) is 6.79. The van der Waals surface area contributed by atoms with Crippen molar-refractivity contribution in [1.29, 1.82) is 0 Å². The second kappa shape index (κ2) is 9.40. The van der Waals surface area contributed by atoms with Crippen LogP contribution < -0.4 is 4.74 Å². The monoisotopic (exact) mass is 481 g/mol. The quantitative estimate of drug-likeness (QED) is 0.198. The third kappa shape index (κ3) is 6.51. The Bertz CT molecular complexity index is 925. The van der Waals surface area contributed by atoms with Crippen LogP contribution in [0.4, 0.5) is 0 Å². The highest BCUT2D eigenvalue weighted by molar-refractivity contribution is 9.10. The number of nitrogens with zero attached hydrogens (tertiary/aromatic N) is 1. The summed E-state index contributed by atoms with van der Waals surface area (Å²) >= 11 is 9.70. The molecule has 2 aromatic rings. The van der Waals surface area contributed by atoms with Gasteiger partial charge in [-0.15, -0.1) is 0 Å². The number of hydrogen-bond acceptors (Lipinski definition) is 5. The SMILES string of the molecule is C=C(/N=C/c1cc(Br)ccc1Oc1ccc(C(=O)OC)cc1Cl)O[Si](C)(C)C. The van der Waals surface area contributed by atoms with Crippen molar-refractivity contribution in [3.63, 3.8) is 0 Å². The average Bonchev–Trinajstić information content (AvgIpc) is 2.61. The summed E-state index contributed by atoms with van der Waals surface area (Å²) in [6.45, 7) is 10.0. The molecule has 0 N–H and O–H groups in total. The summed E-state index contributed by atoms with van der Waals surface area (Å²) < 4.78 is 17.2. The molecule has 0 aliphatic rings. The standard InChI is InChI=1S/C20H21BrClNO4Si/c1-13(27-28(3,4)5)23-12-15-10-16(21)7-9-18(15)26-19-8-6-14(11-17(19)22)20(24)25-2/h6-12H,1H2,2-5H3/b23-12+. The van der Waals surface area contributed by atoms with E-state index in [1.165, 1.54) is 13.2 Å². The minimum atomic E-state index is -1.78. The number of benzene rings is 2. The van der Waals surface area contributed by atoms with Gasteiger partial charge in [0.2, 0.25) is 8.32 Å². The highest BCUT2D eigenvalue weighted by Gasteiger charge is 2.16. The van der Waals surface area contributed by atoms with E-state index in [2.05, 4.69) is 47.1 Å². The first-order valence-corrected chi connectivity index (χ1v) is 12.9. The van der Waals surface area contributed by atoms with Crippen molar-refractivity contribution in [2.75, 3.05) is 7.11 Å². The Hall–Kier alpha value is -2.09. The van der Waals surface area contributed by atoms with Crippen LogP contribution >= 0.6 is 27.5 Å². The summed E-state index contributed by atoms with van der Waals surface area (Å²) in [6.07, 6.45) is 1.62. The van der Waals surface area contributed by atoms with Crippen molar-refractivity contribution in [2.45, 2.75) is 19.6 Å². The van der Waals surface area contributed by atoms with Crippen LogP contribution in [0.3, 0.4) is 0 Å². The van der Waals surface area contributed by atoms with Crippen LogP contribution in [-0.4, -0.2) is 27.6 Å². The number of halogens is 2. The lowest BCUT2D eigenvalue weighted by molar-refractivity contribution is 0.0600. The van der Waals surface area contributed by atoms with E-state index >= 15 is 0 Å². The Morgan fingerprint density at radius 1 is 1.18 bits per heavy atom. The molecule has 0 unspecified atom stereocenters. The van der Waals surface area contributed by atoms with Gasteiger partial charge in [-0.25, -0.2) is 9.79 Å². The largest absolute Gasteiger partial charge is 0.532 e. The van der Waals surface area contributed by atoms with Crippen LogP contribution in [0.5, 0.6) is 11.5 Å². The van der Waals surface area contributed by atoms with Crippen molar-refractivity contribution >= 4 is 48.0 Å². The maximum atomic E-state index is 11.6. The van der Waals surface area contributed by atoms with E-state index in [1.54, 1.807) is 24.4 Å². The normalized spacial score (nSPS) is 11.4. The van der Waals surface area contributed by atoms with E-state index < -0.39 is 14.3 Å². The lowest BCUT2D eigenvalue weighted by Gasteiger charge is -2.18. The topological polar surface area (TPSA) is 57.1 Å². The minimum absolute atomic E-state index is 0.292. The van der Waals surface area contributed by atoms with E-state index in [0.717, 1.165) is 4.47 Å². The summed E-state index contributed by atoms with van der Waals surface area (Å²) in [4.78, 5) is 15.9. The Morgan fingerprint density at radius 2 is 1.86 bits per heavy atom. The molecule has 0 amide bonds. The number of carbonyl (C=O) groups excluding carboxylic acids is 1. The number of hydrogen-bond donors (Lipinski definition) is 0. The van der Waals surface area contributed by atoms with Gasteiger partial charge < -0.3 is 13.9 Å². The number of aliphatic imine (C=N–C) groups is 1. The minimum Gasteiger partial charge on any atom is -0.532 e. The molecule has 0 aliphatic carbocycles. The van der Waals surface area contributed by atoms with Gasteiger partial charge in [-0.2, -0.15) is 0 Å². The fraction of sp³-hybridized carbons (Fsp3) is 0.200. The lowest BCUT2D eigenvalue weighted by atomic mass is 10.2. The average molecular weight is 483 g/mol. The molecule has 0 radical (unpaired) electrons. The molecule has 0 bridgehead atoms. The van der Waals surface area contributed by atoms with Crippen LogP contribution in [0, 0.1) is 0 Å². The van der Waals surface area contributed by atoms with Gasteiger partial charge in [-0.05, 0) is 62.6 Å². The Morgan fingerprint density at radius 3 is 2.46 bits per heavy atom. The Balaban J connectivity index is 2.27. The number of ether oxygens (including phenoxy) is 2. The van der Waals surface area contributed by atoms with Gasteiger partial charge >= 0.3 is 5.97 Å². The second-order valence-corrected chi connectivity index (χ2v) is 12.5. The molecule has 8 heteroatoms. The van der Waals surface area contributed by atoms with E-state index in [9.17, 15) is 4.79 Å². The number of methoxy groups -OCH3 is 1. The van der Waals surface area contributed by atoms with Crippen LogP contribution in [0.1, 0.15) is 15.9 Å². The molecule has 148 valence electrons. The van der Waals surface area contributed by atoms with E-state index in [1.807, 2.05) is 12.1 Å². The van der Waals surface area contributed by atoms with E-state index in [-0.39, 0.29) is 0 Å². The molecule has 5 nitrogen and oxygen atoms in total. The first-order chi connectivity index (χ1) is 13.1. The molecule has 2 rings (SSSR count).